The van der Waals surface area contributed by atoms with Crippen molar-refractivity contribution in [3.63, 3.8) is 0 Å². The minimum Gasteiger partial charge on any atom is -0.336 e. The normalized spacial score (nSPS) is 18.2. The van der Waals surface area contributed by atoms with E-state index < -0.39 is 0 Å². The van der Waals surface area contributed by atoms with Crippen molar-refractivity contribution in [3.8, 4) is 0 Å². The van der Waals surface area contributed by atoms with Gasteiger partial charge in [0.25, 0.3) is 0 Å². The number of anilines is 2. The van der Waals surface area contributed by atoms with Crippen molar-refractivity contribution in [2.45, 2.75) is 58.4 Å². The zero-order valence-electron chi connectivity index (χ0n) is 21.2. The number of amides is 2. The van der Waals surface area contributed by atoms with E-state index in [9.17, 15) is 9.59 Å². The number of carbonyl (C=O) groups excluding carboxylic acids is 2. The summed E-state index contributed by atoms with van der Waals surface area (Å²) in [5, 5.41) is 3.13. The van der Waals surface area contributed by atoms with E-state index in [2.05, 4.69) is 33.9 Å². The maximum absolute atomic E-state index is 13.5. The number of pyridine rings is 1. The van der Waals surface area contributed by atoms with Crippen molar-refractivity contribution in [2.75, 3.05) is 44.2 Å². The molecule has 7 heteroatoms. The summed E-state index contributed by atoms with van der Waals surface area (Å²) in [5.74, 6) is 0.541. The Kier molecular flexibility index (Phi) is 8.88. The first-order valence-corrected chi connectivity index (χ1v) is 13.2. The first kappa shape index (κ1) is 25.3. The van der Waals surface area contributed by atoms with Crippen molar-refractivity contribution in [3.05, 3.63) is 53.7 Å². The number of ketones is 1. The van der Waals surface area contributed by atoms with Crippen LogP contribution in [0.2, 0.25) is 0 Å². The Morgan fingerprint density at radius 1 is 1.11 bits per heavy atom. The van der Waals surface area contributed by atoms with Crippen LogP contribution in [0.4, 0.5) is 16.3 Å². The van der Waals surface area contributed by atoms with Gasteiger partial charge in [-0.3, -0.25) is 9.69 Å². The first-order chi connectivity index (χ1) is 17.1. The van der Waals surface area contributed by atoms with E-state index in [1.54, 1.807) is 17.2 Å². The minimum atomic E-state index is -0.237. The second-order valence-corrected chi connectivity index (χ2v) is 9.66. The van der Waals surface area contributed by atoms with Gasteiger partial charge in [0.05, 0.1) is 5.69 Å². The van der Waals surface area contributed by atoms with Crippen LogP contribution < -0.4 is 10.2 Å². The predicted octanol–water partition coefficient (Wildman–Crippen LogP) is 4.64. The van der Waals surface area contributed by atoms with Crippen LogP contribution in [-0.2, 0) is 6.42 Å². The molecule has 0 aliphatic carbocycles. The lowest BCUT2D eigenvalue weighted by molar-refractivity contribution is 0.0994. The lowest BCUT2D eigenvalue weighted by Gasteiger charge is -2.39. The zero-order chi connectivity index (χ0) is 24.6. The van der Waals surface area contributed by atoms with Gasteiger partial charge in [-0.05, 0) is 63.5 Å². The Labute approximate surface area is 209 Å². The first-order valence-electron chi connectivity index (χ1n) is 13.2. The van der Waals surface area contributed by atoms with Crippen molar-refractivity contribution in [2.24, 2.45) is 0 Å². The molecule has 1 aromatic carbocycles. The average Bonchev–Trinajstić information content (AvgIpc) is 2.99. The molecule has 0 bridgehead atoms. The summed E-state index contributed by atoms with van der Waals surface area (Å²) in [5.41, 5.74) is 1.92. The number of likely N-dealkylation sites (tertiary alicyclic amines) is 1. The second kappa shape index (κ2) is 12.3. The van der Waals surface area contributed by atoms with Crippen LogP contribution in [-0.4, -0.2) is 71.9 Å². The van der Waals surface area contributed by atoms with E-state index in [1.807, 2.05) is 30.3 Å². The van der Waals surface area contributed by atoms with E-state index in [0.717, 1.165) is 38.3 Å². The number of carbonyl (C=O) groups is 2. The van der Waals surface area contributed by atoms with Gasteiger partial charge in [0, 0.05) is 49.4 Å². The predicted molar refractivity (Wildman–Crippen MR) is 140 cm³/mol. The van der Waals surface area contributed by atoms with Gasteiger partial charge in [0.2, 0.25) is 0 Å². The van der Waals surface area contributed by atoms with Crippen LogP contribution in [0.25, 0.3) is 0 Å². The molecule has 188 valence electrons. The van der Waals surface area contributed by atoms with Gasteiger partial charge in [0.15, 0.2) is 5.78 Å². The summed E-state index contributed by atoms with van der Waals surface area (Å²) in [4.78, 5) is 37.6. The topological polar surface area (TPSA) is 68.8 Å². The lowest BCUT2D eigenvalue weighted by Crippen LogP contribution is -2.50. The molecule has 2 amide bonds. The molecular weight excluding hydrogens is 438 g/mol. The Morgan fingerprint density at radius 3 is 2.71 bits per heavy atom. The van der Waals surface area contributed by atoms with Crippen LogP contribution in [0.1, 0.15) is 61.9 Å². The van der Waals surface area contributed by atoms with E-state index in [1.165, 1.54) is 32.1 Å². The summed E-state index contributed by atoms with van der Waals surface area (Å²) < 4.78 is 0. The number of benzene rings is 1. The summed E-state index contributed by atoms with van der Waals surface area (Å²) in [6.45, 7) is 10.4. The smallest absolute Gasteiger partial charge is 0.327 e. The molecule has 0 radical (unpaired) electrons. The van der Waals surface area contributed by atoms with Crippen LogP contribution in [0.5, 0.6) is 0 Å². The minimum absolute atomic E-state index is 0.00465. The number of aromatic nitrogens is 1. The molecule has 1 aromatic heterocycles. The van der Waals surface area contributed by atoms with E-state index in [-0.39, 0.29) is 18.2 Å². The van der Waals surface area contributed by atoms with Gasteiger partial charge in [0.1, 0.15) is 5.82 Å². The van der Waals surface area contributed by atoms with Gasteiger partial charge in [-0.2, -0.15) is 0 Å². The fourth-order valence-corrected chi connectivity index (χ4v) is 5.43. The molecule has 1 N–H and O–H groups in total. The lowest BCUT2D eigenvalue weighted by atomic mass is 10.0. The highest BCUT2D eigenvalue weighted by molar-refractivity contribution is 6.11. The Balaban J connectivity index is 1.44. The van der Waals surface area contributed by atoms with Crippen molar-refractivity contribution in [1.82, 2.24) is 20.1 Å². The Bertz CT molecular complexity index is 1000. The average molecular weight is 478 g/mol. The molecule has 4 rings (SSSR count). The van der Waals surface area contributed by atoms with Gasteiger partial charge in [-0.15, -0.1) is 0 Å². The number of piperidine rings is 1. The fourth-order valence-electron chi connectivity index (χ4n) is 5.43. The molecule has 1 saturated heterocycles. The number of para-hydroxylation sites is 1. The van der Waals surface area contributed by atoms with Crippen molar-refractivity contribution < 1.29 is 9.59 Å². The van der Waals surface area contributed by atoms with E-state index >= 15 is 0 Å². The Morgan fingerprint density at radius 2 is 1.91 bits per heavy atom. The second-order valence-electron chi connectivity index (χ2n) is 9.66. The molecule has 0 spiro atoms. The molecule has 1 atom stereocenters. The molecule has 7 nitrogen and oxygen atoms in total. The van der Waals surface area contributed by atoms with Crippen molar-refractivity contribution in [1.29, 1.82) is 0 Å². The monoisotopic (exact) mass is 477 g/mol. The summed E-state index contributed by atoms with van der Waals surface area (Å²) in [6, 6.07) is 11.3. The van der Waals surface area contributed by atoms with Crippen LogP contribution in [0.15, 0.2) is 42.6 Å². The number of urea groups is 1. The van der Waals surface area contributed by atoms with E-state index in [4.69, 9.17) is 0 Å². The third-order valence-electron chi connectivity index (χ3n) is 7.05. The zero-order valence-corrected chi connectivity index (χ0v) is 21.2. The van der Waals surface area contributed by atoms with Gasteiger partial charge in [-0.25, -0.2) is 14.7 Å². The molecular formula is C28H39N5O2. The fraction of sp³-hybridized carbons (Fsp3) is 0.536. The molecule has 3 heterocycles. The largest absolute Gasteiger partial charge is 0.336 e. The third kappa shape index (κ3) is 6.08. The van der Waals surface area contributed by atoms with E-state index in [0.29, 0.717) is 29.7 Å². The SMILES string of the molecule is CCCN(CCC)CC1CCCCN1CCNC(=O)N1c2ccccc2C(=O)Cc2cccnc21. The molecule has 2 aliphatic heterocycles. The maximum atomic E-state index is 13.5. The van der Waals surface area contributed by atoms with Crippen molar-refractivity contribution >= 4 is 23.3 Å². The standard InChI is InChI=1S/C28H39N5O2/c1-3-16-31(17-4-2)21-23-11-7-8-18-32(23)19-15-30-28(35)33-25-13-6-5-12-24(25)26(34)20-22-10-9-14-29-27(22)33/h5-6,9-10,12-14,23H,3-4,7-8,11,15-21H2,1-2H3,(H,30,35). The highest BCUT2D eigenvalue weighted by Crippen LogP contribution is 2.34. The third-order valence-corrected chi connectivity index (χ3v) is 7.05. The number of nitrogens with zero attached hydrogens (tertiary/aromatic N) is 4. The highest BCUT2D eigenvalue weighted by Gasteiger charge is 2.30. The molecule has 1 unspecified atom stereocenters. The number of fused-ring (bicyclic) bond motifs is 2. The van der Waals surface area contributed by atoms with Crippen LogP contribution in [0, 0.1) is 0 Å². The maximum Gasteiger partial charge on any atom is 0.327 e. The van der Waals surface area contributed by atoms with Gasteiger partial charge >= 0.3 is 6.03 Å². The summed E-state index contributed by atoms with van der Waals surface area (Å²) in [6.07, 6.45) is 7.98. The highest BCUT2D eigenvalue weighted by atomic mass is 16.2. The molecule has 35 heavy (non-hydrogen) atoms. The van der Waals surface area contributed by atoms with Gasteiger partial charge < -0.3 is 10.2 Å². The summed E-state index contributed by atoms with van der Waals surface area (Å²) >= 11 is 0. The number of Topliss-reactive ketones (excluding diaryl/α,β-unsaturated/α-hetero) is 1. The molecule has 1 fully saturated rings. The molecule has 2 aliphatic rings. The van der Waals surface area contributed by atoms with Gasteiger partial charge in [-0.1, -0.05) is 38.5 Å². The van der Waals surface area contributed by atoms with Crippen LogP contribution >= 0.6 is 0 Å². The molecule has 2 aromatic rings. The number of hydrogen-bond acceptors (Lipinski definition) is 5. The number of rotatable bonds is 9. The summed E-state index contributed by atoms with van der Waals surface area (Å²) in [7, 11) is 0. The number of hydrogen-bond donors (Lipinski definition) is 1. The Hall–Kier alpha value is -2.77. The quantitative estimate of drug-likeness (QED) is 0.570. The molecule has 0 saturated carbocycles. The number of nitrogens with one attached hydrogen (secondary N) is 1. The van der Waals surface area contributed by atoms with Crippen LogP contribution in [0.3, 0.4) is 0 Å².